The molecule has 0 radical (unpaired) electrons. The van der Waals surface area contributed by atoms with Crippen molar-refractivity contribution in [3.8, 4) is 0 Å². The third-order valence-corrected chi connectivity index (χ3v) is 0.887. The Balaban J connectivity index is 3.47. The van der Waals surface area contributed by atoms with E-state index in [0.29, 0.717) is 6.54 Å². The normalized spacial score (nSPS) is 15.7. The van der Waals surface area contributed by atoms with Crippen LogP contribution in [0.5, 0.6) is 0 Å². The molecular weight excluding hydrogens is 114 g/mol. The molecule has 0 heterocycles. The highest BCUT2D eigenvalue weighted by molar-refractivity contribution is 4.62. The van der Waals surface area contributed by atoms with Gasteiger partial charge < -0.3 is 10.5 Å². The van der Waals surface area contributed by atoms with E-state index >= 15 is 0 Å². The van der Waals surface area contributed by atoms with Gasteiger partial charge in [0, 0.05) is 6.54 Å². The summed E-state index contributed by atoms with van der Waals surface area (Å²) >= 11 is 0. The third-order valence-electron chi connectivity index (χ3n) is 0.887. The predicted octanol–water partition coefficient (Wildman–Crippen LogP) is 1.15. The van der Waals surface area contributed by atoms with Crippen LogP contribution in [0.3, 0.4) is 0 Å². The van der Waals surface area contributed by atoms with Gasteiger partial charge in [0.1, 0.15) is 0 Å². The van der Waals surface area contributed by atoms with Gasteiger partial charge in [0.25, 0.3) is 0 Å². The summed E-state index contributed by atoms with van der Waals surface area (Å²) in [4.78, 5) is 0. The molecule has 0 spiro atoms. The maximum absolute atomic E-state index is 5.46. The van der Waals surface area contributed by atoms with Crippen molar-refractivity contribution >= 4 is 0 Å². The van der Waals surface area contributed by atoms with Crippen LogP contribution in [0, 0.1) is 0 Å². The molecule has 0 fully saturated rings. The summed E-state index contributed by atoms with van der Waals surface area (Å²) in [5, 5.41) is 0. The first kappa shape index (κ1) is 8.92. The first-order chi connectivity index (χ1) is 3.95. The van der Waals surface area contributed by atoms with Gasteiger partial charge in [-0.05, 0) is 27.7 Å². The largest absolute Gasteiger partial charge is 0.372 e. The van der Waals surface area contributed by atoms with E-state index in [1.165, 1.54) is 0 Å². The lowest BCUT2D eigenvalue weighted by Crippen LogP contribution is -2.30. The minimum absolute atomic E-state index is 0.0568. The zero-order valence-electron chi connectivity index (χ0n) is 6.77. The fraction of sp³-hybridized carbons (Fsp3) is 1.00. The van der Waals surface area contributed by atoms with Crippen LogP contribution in [-0.4, -0.2) is 18.2 Å². The topological polar surface area (TPSA) is 35.2 Å². The fourth-order valence-electron chi connectivity index (χ4n) is 0.652. The zero-order valence-corrected chi connectivity index (χ0v) is 6.77. The molecule has 0 aromatic rings. The maximum atomic E-state index is 5.46. The Bertz CT molecular complexity index is 75.5. The van der Waals surface area contributed by atoms with Gasteiger partial charge in [-0.25, -0.2) is 0 Å². The molecule has 2 heteroatoms. The van der Waals surface area contributed by atoms with Crippen LogP contribution < -0.4 is 5.73 Å². The monoisotopic (exact) mass is 131 g/mol. The van der Waals surface area contributed by atoms with Gasteiger partial charge in [0.15, 0.2) is 0 Å². The second kappa shape index (κ2) is 3.18. The molecule has 0 aliphatic carbocycles. The van der Waals surface area contributed by atoms with Crippen molar-refractivity contribution in [1.82, 2.24) is 0 Å². The number of nitrogens with two attached hydrogens (primary N) is 1. The van der Waals surface area contributed by atoms with Crippen molar-refractivity contribution in [2.75, 3.05) is 6.54 Å². The molecule has 2 nitrogen and oxygen atoms in total. The summed E-state index contributed by atoms with van der Waals surface area (Å²) in [6, 6.07) is 0. The first-order valence-corrected chi connectivity index (χ1v) is 3.33. The molecule has 0 aromatic heterocycles. The number of hydrogen-bond donors (Lipinski definition) is 1. The summed E-state index contributed by atoms with van der Waals surface area (Å²) in [5.41, 5.74) is 5.30. The molecule has 0 aliphatic rings. The summed E-state index contributed by atoms with van der Waals surface area (Å²) in [6.45, 7) is 8.65. The zero-order chi connectivity index (χ0) is 7.49. The lowest BCUT2D eigenvalue weighted by molar-refractivity contribution is -0.0466. The van der Waals surface area contributed by atoms with Gasteiger partial charge in [-0.2, -0.15) is 0 Å². The summed E-state index contributed by atoms with van der Waals surface area (Å²) in [7, 11) is 0. The fourth-order valence-corrected chi connectivity index (χ4v) is 0.652. The van der Waals surface area contributed by atoms with Crippen molar-refractivity contribution < 1.29 is 4.74 Å². The minimum atomic E-state index is -0.0568. The van der Waals surface area contributed by atoms with Crippen LogP contribution in [-0.2, 0) is 4.74 Å². The molecule has 0 saturated heterocycles. The maximum Gasteiger partial charge on any atom is 0.0676 e. The van der Waals surface area contributed by atoms with Crippen LogP contribution in [0.15, 0.2) is 0 Å². The van der Waals surface area contributed by atoms with E-state index in [-0.39, 0.29) is 11.7 Å². The molecule has 1 unspecified atom stereocenters. The van der Waals surface area contributed by atoms with E-state index in [0.717, 1.165) is 0 Å². The average Bonchev–Trinajstić information content (AvgIpc) is 1.62. The minimum Gasteiger partial charge on any atom is -0.372 e. The first-order valence-electron chi connectivity index (χ1n) is 3.33. The summed E-state index contributed by atoms with van der Waals surface area (Å²) < 4.78 is 5.46. The van der Waals surface area contributed by atoms with Crippen molar-refractivity contribution in [3.05, 3.63) is 0 Å². The smallest absolute Gasteiger partial charge is 0.0676 e. The van der Waals surface area contributed by atoms with Gasteiger partial charge >= 0.3 is 0 Å². The van der Waals surface area contributed by atoms with Gasteiger partial charge in [-0.15, -0.1) is 0 Å². The van der Waals surface area contributed by atoms with E-state index in [1.54, 1.807) is 0 Å². The van der Waals surface area contributed by atoms with Crippen LogP contribution >= 0.6 is 0 Å². The molecule has 9 heavy (non-hydrogen) atoms. The lowest BCUT2D eigenvalue weighted by atomic mass is 10.2. The Hall–Kier alpha value is -0.0800. The molecular formula is C7H17NO. The molecule has 0 amide bonds. The van der Waals surface area contributed by atoms with Crippen molar-refractivity contribution in [2.45, 2.75) is 39.4 Å². The van der Waals surface area contributed by atoms with Crippen LogP contribution in [0.2, 0.25) is 0 Å². The van der Waals surface area contributed by atoms with Crippen LogP contribution in [0.4, 0.5) is 0 Å². The molecule has 1 atom stereocenters. The highest BCUT2D eigenvalue weighted by Crippen LogP contribution is 2.09. The second-order valence-electron chi connectivity index (χ2n) is 3.28. The van der Waals surface area contributed by atoms with Crippen LogP contribution in [0.25, 0.3) is 0 Å². The highest BCUT2D eigenvalue weighted by Gasteiger charge is 2.13. The van der Waals surface area contributed by atoms with Crippen molar-refractivity contribution in [1.29, 1.82) is 0 Å². The Morgan fingerprint density at radius 1 is 1.44 bits per heavy atom. The summed E-state index contributed by atoms with van der Waals surface area (Å²) in [6.07, 6.45) is 0.171. The van der Waals surface area contributed by atoms with E-state index < -0.39 is 0 Å². The van der Waals surface area contributed by atoms with E-state index in [2.05, 4.69) is 0 Å². The highest BCUT2D eigenvalue weighted by atomic mass is 16.5. The lowest BCUT2D eigenvalue weighted by Gasteiger charge is -2.23. The standard InChI is InChI=1S/C7H17NO/c1-6(5-8)9-7(2,3)4/h6H,5,8H2,1-4H3. The molecule has 0 aliphatic heterocycles. The predicted molar refractivity (Wildman–Crippen MR) is 39.4 cm³/mol. The average molecular weight is 131 g/mol. The van der Waals surface area contributed by atoms with Gasteiger partial charge in [0.05, 0.1) is 11.7 Å². The molecule has 2 N–H and O–H groups in total. The van der Waals surface area contributed by atoms with E-state index in [9.17, 15) is 0 Å². The number of hydrogen-bond acceptors (Lipinski definition) is 2. The quantitative estimate of drug-likeness (QED) is 0.610. The Kier molecular flexibility index (Phi) is 3.15. The molecule has 56 valence electrons. The third kappa shape index (κ3) is 5.80. The number of ether oxygens (including phenoxy) is 1. The molecule has 0 bridgehead atoms. The SMILES string of the molecule is CC(CN)OC(C)(C)C. The molecule has 0 saturated carbocycles. The second-order valence-corrected chi connectivity index (χ2v) is 3.28. The van der Waals surface area contributed by atoms with E-state index in [4.69, 9.17) is 10.5 Å². The Morgan fingerprint density at radius 3 is 2.00 bits per heavy atom. The van der Waals surface area contributed by atoms with Gasteiger partial charge in [-0.1, -0.05) is 0 Å². The molecule has 0 rings (SSSR count). The van der Waals surface area contributed by atoms with Gasteiger partial charge in [-0.3, -0.25) is 0 Å². The van der Waals surface area contributed by atoms with Gasteiger partial charge in [0.2, 0.25) is 0 Å². The Labute approximate surface area is 57.4 Å². The van der Waals surface area contributed by atoms with Crippen molar-refractivity contribution in [2.24, 2.45) is 5.73 Å². The van der Waals surface area contributed by atoms with Crippen LogP contribution in [0.1, 0.15) is 27.7 Å². The van der Waals surface area contributed by atoms with Crippen molar-refractivity contribution in [3.63, 3.8) is 0 Å². The Morgan fingerprint density at radius 2 is 1.89 bits per heavy atom. The summed E-state index contributed by atoms with van der Waals surface area (Å²) in [5.74, 6) is 0. The number of rotatable bonds is 2. The molecule has 0 aromatic carbocycles. The van der Waals surface area contributed by atoms with E-state index in [1.807, 2.05) is 27.7 Å².